The number of rotatable bonds is 6. The molecule has 2 aromatic carbocycles. The Labute approximate surface area is 140 Å². The van der Waals surface area contributed by atoms with Crippen LogP contribution in [0.2, 0.25) is 5.02 Å². The van der Waals surface area contributed by atoms with Gasteiger partial charge in [-0.2, -0.15) is 0 Å². The minimum absolute atomic E-state index is 0.0492. The van der Waals surface area contributed by atoms with Gasteiger partial charge in [0.1, 0.15) is 5.82 Å². The molecule has 2 rings (SSSR count). The molecule has 2 aromatic rings. The fourth-order valence-corrected chi connectivity index (χ4v) is 3.32. The van der Waals surface area contributed by atoms with E-state index in [1.807, 2.05) is 43.3 Å². The van der Waals surface area contributed by atoms with E-state index >= 15 is 0 Å². The summed E-state index contributed by atoms with van der Waals surface area (Å²) in [5.74, 6) is -0.647. The van der Waals surface area contributed by atoms with E-state index in [0.29, 0.717) is 6.42 Å². The third kappa shape index (κ3) is 4.67. The van der Waals surface area contributed by atoms with Crippen LogP contribution in [0.3, 0.4) is 0 Å². The summed E-state index contributed by atoms with van der Waals surface area (Å²) in [5.41, 5.74) is 2.10. The quantitative estimate of drug-likeness (QED) is 0.865. The zero-order chi connectivity index (χ0) is 17.0. The van der Waals surface area contributed by atoms with E-state index < -0.39 is 15.8 Å². The van der Waals surface area contributed by atoms with Gasteiger partial charge >= 0.3 is 0 Å². The first-order valence-corrected chi connectivity index (χ1v) is 8.87. The molecule has 23 heavy (non-hydrogen) atoms. The first-order chi connectivity index (χ1) is 10.8. The maximum absolute atomic E-state index is 13.1. The van der Waals surface area contributed by atoms with E-state index in [9.17, 15) is 12.8 Å². The highest BCUT2D eigenvalue weighted by Gasteiger charge is 2.15. The molecule has 1 N–H and O–H groups in total. The van der Waals surface area contributed by atoms with E-state index in [-0.39, 0.29) is 16.5 Å². The SMILES string of the molecule is CN(C)c1ccc(CCNS(=O)(=O)c2ccc(F)c(Cl)c2)cc1. The minimum Gasteiger partial charge on any atom is -0.378 e. The van der Waals surface area contributed by atoms with Gasteiger partial charge < -0.3 is 4.90 Å². The maximum atomic E-state index is 13.1. The predicted octanol–water partition coefficient (Wildman–Crippen LogP) is 3.07. The van der Waals surface area contributed by atoms with Crippen molar-refractivity contribution in [3.8, 4) is 0 Å². The summed E-state index contributed by atoms with van der Waals surface area (Å²) in [4.78, 5) is 1.94. The Balaban J connectivity index is 1.98. The Kier molecular flexibility index (Phi) is 5.62. The van der Waals surface area contributed by atoms with Crippen molar-refractivity contribution >= 4 is 27.3 Å². The van der Waals surface area contributed by atoms with Gasteiger partial charge in [0, 0.05) is 26.3 Å². The van der Waals surface area contributed by atoms with Crippen molar-refractivity contribution in [2.45, 2.75) is 11.3 Å². The molecule has 0 spiro atoms. The average Bonchev–Trinajstić information content (AvgIpc) is 2.50. The summed E-state index contributed by atoms with van der Waals surface area (Å²) in [6.07, 6.45) is 0.557. The molecule has 7 heteroatoms. The second-order valence-corrected chi connectivity index (χ2v) is 7.46. The molecule has 0 heterocycles. The molecular weight excluding hydrogens is 339 g/mol. The number of hydrogen-bond acceptors (Lipinski definition) is 3. The lowest BCUT2D eigenvalue weighted by Gasteiger charge is -2.13. The van der Waals surface area contributed by atoms with Crippen LogP contribution < -0.4 is 9.62 Å². The summed E-state index contributed by atoms with van der Waals surface area (Å²) in [5, 5.41) is -0.216. The topological polar surface area (TPSA) is 49.4 Å². The third-order valence-electron chi connectivity index (χ3n) is 3.36. The number of anilines is 1. The molecule has 0 aromatic heterocycles. The van der Waals surface area contributed by atoms with Crippen molar-refractivity contribution < 1.29 is 12.8 Å². The maximum Gasteiger partial charge on any atom is 0.240 e. The molecule has 4 nitrogen and oxygen atoms in total. The molecule has 0 aliphatic heterocycles. The van der Waals surface area contributed by atoms with Gasteiger partial charge in [0.15, 0.2) is 0 Å². The molecule has 0 saturated heterocycles. The highest BCUT2D eigenvalue weighted by atomic mass is 35.5. The van der Waals surface area contributed by atoms with Crippen molar-refractivity contribution in [2.24, 2.45) is 0 Å². The van der Waals surface area contributed by atoms with Crippen molar-refractivity contribution in [1.82, 2.24) is 4.72 Å². The smallest absolute Gasteiger partial charge is 0.240 e. The fourth-order valence-electron chi connectivity index (χ4n) is 2.02. The van der Waals surface area contributed by atoms with Gasteiger partial charge in [0.25, 0.3) is 0 Å². The molecule has 0 unspecified atom stereocenters. The Bertz CT molecular complexity index is 777. The van der Waals surface area contributed by atoms with Gasteiger partial charge in [-0.05, 0) is 42.3 Å². The largest absolute Gasteiger partial charge is 0.378 e. The van der Waals surface area contributed by atoms with Crippen LogP contribution in [0.4, 0.5) is 10.1 Å². The zero-order valence-corrected chi connectivity index (χ0v) is 14.5. The van der Waals surface area contributed by atoms with Gasteiger partial charge in [-0.3, -0.25) is 0 Å². The molecule has 0 amide bonds. The first kappa shape index (κ1) is 17.7. The summed E-state index contributed by atoms with van der Waals surface area (Å²) in [6.45, 7) is 0.249. The van der Waals surface area contributed by atoms with Crippen LogP contribution in [0.1, 0.15) is 5.56 Å². The average molecular weight is 357 g/mol. The second-order valence-electron chi connectivity index (χ2n) is 5.28. The Morgan fingerprint density at radius 3 is 2.35 bits per heavy atom. The standard InChI is InChI=1S/C16H18ClFN2O2S/c1-20(2)13-5-3-12(4-6-13)9-10-19-23(21,22)14-7-8-16(18)15(17)11-14/h3-8,11,19H,9-10H2,1-2H3. The molecule has 0 radical (unpaired) electrons. The molecule has 0 fully saturated rings. The lowest BCUT2D eigenvalue weighted by molar-refractivity contribution is 0.580. The molecule has 0 aliphatic rings. The van der Waals surface area contributed by atoms with Crippen LogP contribution in [0.25, 0.3) is 0 Å². The monoisotopic (exact) mass is 356 g/mol. The van der Waals surface area contributed by atoms with Gasteiger partial charge in [-0.15, -0.1) is 0 Å². The van der Waals surface area contributed by atoms with Crippen LogP contribution in [0.15, 0.2) is 47.4 Å². The molecule has 0 aliphatic carbocycles. The summed E-state index contributed by atoms with van der Waals surface area (Å²) >= 11 is 5.62. The first-order valence-electron chi connectivity index (χ1n) is 7.00. The molecule has 0 saturated carbocycles. The van der Waals surface area contributed by atoms with Crippen molar-refractivity contribution in [3.05, 3.63) is 58.9 Å². The molecule has 124 valence electrons. The highest BCUT2D eigenvalue weighted by Crippen LogP contribution is 2.19. The molecule has 0 bridgehead atoms. The van der Waals surface area contributed by atoms with Gasteiger partial charge in [0.2, 0.25) is 10.0 Å². The number of hydrogen-bond donors (Lipinski definition) is 1. The zero-order valence-electron chi connectivity index (χ0n) is 12.9. The van der Waals surface area contributed by atoms with E-state index in [1.54, 1.807) is 0 Å². The van der Waals surface area contributed by atoms with Gasteiger partial charge in [-0.25, -0.2) is 17.5 Å². The second kappa shape index (κ2) is 7.29. The Morgan fingerprint density at radius 1 is 1.13 bits per heavy atom. The van der Waals surface area contributed by atoms with E-state index in [0.717, 1.165) is 23.4 Å². The summed E-state index contributed by atoms with van der Waals surface area (Å²) in [7, 11) is 0.210. The van der Waals surface area contributed by atoms with Crippen LogP contribution in [-0.4, -0.2) is 29.1 Å². The lowest BCUT2D eigenvalue weighted by atomic mass is 10.1. The van der Waals surface area contributed by atoms with Crippen LogP contribution in [-0.2, 0) is 16.4 Å². The number of nitrogens with one attached hydrogen (secondary N) is 1. The van der Waals surface area contributed by atoms with Crippen molar-refractivity contribution in [2.75, 3.05) is 25.5 Å². The van der Waals surface area contributed by atoms with Crippen LogP contribution in [0.5, 0.6) is 0 Å². The van der Waals surface area contributed by atoms with Gasteiger partial charge in [-0.1, -0.05) is 23.7 Å². The minimum atomic E-state index is -3.70. The molecular formula is C16H18ClFN2O2S. The van der Waals surface area contributed by atoms with Crippen molar-refractivity contribution in [3.63, 3.8) is 0 Å². The number of nitrogens with zero attached hydrogens (tertiary/aromatic N) is 1. The number of benzene rings is 2. The van der Waals surface area contributed by atoms with E-state index in [2.05, 4.69) is 4.72 Å². The summed E-state index contributed by atoms with van der Waals surface area (Å²) in [6, 6.07) is 11.2. The normalized spacial score (nSPS) is 11.5. The van der Waals surface area contributed by atoms with Crippen LogP contribution >= 0.6 is 11.6 Å². The van der Waals surface area contributed by atoms with Gasteiger partial charge in [0.05, 0.1) is 9.92 Å². The highest BCUT2D eigenvalue weighted by molar-refractivity contribution is 7.89. The predicted molar refractivity (Wildman–Crippen MR) is 91.1 cm³/mol. The van der Waals surface area contributed by atoms with Crippen molar-refractivity contribution in [1.29, 1.82) is 0 Å². The number of sulfonamides is 1. The van der Waals surface area contributed by atoms with Crippen LogP contribution in [0, 0.1) is 5.82 Å². The number of halogens is 2. The fraction of sp³-hybridized carbons (Fsp3) is 0.250. The van der Waals surface area contributed by atoms with E-state index in [4.69, 9.17) is 11.6 Å². The Morgan fingerprint density at radius 2 is 1.78 bits per heavy atom. The lowest BCUT2D eigenvalue weighted by Crippen LogP contribution is -2.26. The third-order valence-corrected chi connectivity index (χ3v) is 5.11. The van der Waals surface area contributed by atoms with E-state index in [1.165, 1.54) is 6.07 Å². The molecule has 0 atom stereocenters. The Hall–Kier alpha value is -1.63. The summed E-state index contributed by atoms with van der Waals surface area (Å²) < 4.78 is 39.8.